The van der Waals surface area contributed by atoms with Gasteiger partial charge in [0.1, 0.15) is 6.54 Å². The van der Waals surface area contributed by atoms with Gasteiger partial charge < -0.3 is 15.7 Å². The van der Waals surface area contributed by atoms with Crippen molar-refractivity contribution >= 4 is 5.91 Å². The van der Waals surface area contributed by atoms with Gasteiger partial charge in [-0.15, -0.1) is 0 Å². The van der Waals surface area contributed by atoms with Crippen LogP contribution in [0, 0.1) is 0 Å². The Morgan fingerprint density at radius 2 is 2.07 bits per heavy atom. The first-order chi connectivity index (χ1) is 6.87. The topological polar surface area (TPSA) is 61.4 Å². The van der Waals surface area contributed by atoms with Crippen LogP contribution in [0.15, 0.2) is 0 Å². The molecule has 0 aromatic rings. The molecule has 90 valence electrons. The van der Waals surface area contributed by atoms with Crippen LogP contribution in [-0.4, -0.2) is 42.9 Å². The summed E-state index contributed by atoms with van der Waals surface area (Å²) in [5.41, 5.74) is 0. The fourth-order valence-corrected chi connectivity index (χ4v) is 0.831. The molecule has 0 fully saturated rings. The molecular weight excluding hydrogens is 213 g/mol. The summed E-state index contributed by atoms with van der Waals surface area (Å²) in [6.45, 7) is 0.502. The molecule has 0 saturated carbocycles. The fourth-order valence-electron chi connectivity index (χ4n) is 0.831. The summed E-state index contributed by atoms with van der Waals surface area (Å²) in [6.07, 6.45) is -3.93. The molecule has 0 aromatic heterocycles. The molecule has 0 aliphatic heterocycles. The highest BCUT2D eigenvalue weighted by Crippen LogP contribution is 2.12. The van der Waals surface area contributed by atoms with Gasteiger partial charge in [0.2, 0.25) is 5.91 Å². The predicted octanol–water partition coefficient (Wildman–Crippen LogP) is 0.0254. The summed E-state index contributed by atoms with van der Waals surface area (Å²) in [4.78, 5) is 11.0. The van der Waals surface area contributed by atoms with Crippen molar-refractivity contribution in [2.45, 2.75) is 25.6 Å². The van der Waals surface area contributed by atoms with Crippen LogP contribution in [0.5, 0.6) is 0 Å². The minimum absolute atomic E-state index is 0.0239. The second-order valence-corrected chi connectivity index (χ2v) is 3.09. The molecule has 0 aliphatic rings. The molecular formula is C8H15F3N2O2. The first-order valence-electron chi connectivity index (χ1n) is 4.55. The highest BCUT2D eigenvalue weighted by Gasteiger charge is 2.28. The van der Waals surface area contributed by atoms with Crippen molar-refractivity contribution in [2.24, 2.45) is 0 Å². The molecule has 0 heterocycles. The zero-order valence-electron chi connectivity index (χ0n) is 8.40. The van der Waals surface area contributed by atoms with Crippen LogP contribution in [0.2, 0.25) is 0 Å². The predicted molar refractivity (Wildman–Crippen MR) is 48.2 cm³/mol. The van der Waals surface area contributed by atoms with Crippen LogP contribution < -0.4 is 10.6 Å². The van der Waals surface area contributed by atoms with Gasteiger partial charge in [0.15, 0.2) is 0 Å². The van der Waals surface area contributed by atoms with E-state index in [2.05, 4.69) is 5.32 Å². The number of nitrogens with one attached hydrogen (secondary N) is 2. The molecule has 0 radical (unpaired) electrons. The maximum Gasteiger partial charge on any atom is 0.405 e. The number of carbonyl (C=O) groups excluding carboxylic acids is 1. The smallest absolute Gasteiger partial charge is 0.396 e. The van der Waals surface area contributed by atoms with Gasteiger partial charge in [-0.25, -0.2) is 0 Å². The van der Waals surface area contributed by atoms with Crippen LogP contribution in [0.4, 0.5) is 13.2 Å². The van der Waals surface area contributed by atoms with E-state index in [1.54, 1.807) is 5.32 Å². The molecule has 1 atom stereocenters. The molecule has 0 aromatic carbocycles. The Bertz CT molecular complexity index is 197. The second-order valence-electron chi connectivity index (χ2n) is 3.09. The van der Waals surface area contributed by atoms with Crippen LogP contribution >= 0.6 is 0 Å². The molecule has 15 heavy (non-hydrogen) atoms. The van der Waals surface area contributed by atoms with Crippen molar-refractivity contribution in [3.8, 4) is 0 Å². The minimum Gasteiger partial charge on any atom is -0.396 e. The van der Waals surface area contributed by atoms with Crippen molar-refractivity contribution in [3.05, 3.63) is 0 Å². The van der Waals surface area contributed by atoms with Crippen LogP contribution in [0.25, 0.3) is 0 Å². The third-order valence-electron chi connectivity index (χ3n) is 1.64. The van der Waals surface area contributed by atoms with Crippen molar-refractivity contribution < 1.29 is 23.1 Å². The SMILES string of the molecule is CC(NCCCO)C(=O)NCC(F)(F)F. The number of aliphatic hydroxyl groups is 1. The van der Waals surface area contributed by atoms with Crippen molar-refractivity contribution in [2.75, 3.05) is 19.7 Å². The lowest BCUT2D eigenvalue weighted by Crippen LogP contribution is -2.45. The van der Waals surface area contributed by atoms with Gasteiger partial charge in [-0.3, -0.25) is 4.79 Å². The number of aliphatic hydroxyl groups excluding tert-OH is 1. The van der Waals surface area contributed by atoms with Crippen LogP contribution in [0.1, 0.15) is 13.3 Å². The zero-order valence-corrected chi connectivity index (χ0v) is 8.40. The molecule has 0 saturated heterocycles. The van der Waals surface area contributed by atoms with E-state index in [1.807, 2.05) is 0 Å². The fraction of sp³-hybridized carbons (Fsp3) is 0.875. The maximum atomic E-state index is 11.7. The van der Waals surface area contributed by atoms with Crippen molar-refractivity contribution in [1.29, 1.82) is 0 Å². The second kappa shape index (κ2) is 6.62. The third kappa shape index (κ3) is 8.19. The Morgan fingerprint density at radius 3 is 2.53 bits per heavy atom. The number of hydrogen-bond acceptors (Lipinski definition) is 3. The van der Waals surface area contributed by atoms with Gasteiger partial charge in [-0.1, -0.05) is 0 Å². The highest BCUT2D eigenvalue weighted by atomic mass is 19.4. The van der Waals surface area contributed by atoms with Gasteiger partial charge in [0.25, 0.3) is 0 Å². The lowest BCUT2D eigenvalue weighted by molar-refractivity contribution is -0.139. The van der Waals surface area contributed by atoms with E-state index >= 15 is 0 Å². The number of hydrogen-bond donors (Lipinski definition) is 3. The largest absolute Gasteiger partial charge is 0.405 e. The average Bonchev–Trinajstić information content (AvgIpc) is 2.13. The lowest BCUT2D eigenvalue weighted by Gasteiger charge is -2.14. The Hall–Kier alpha value is -0.820. The van der Waals surface area contributed by atoms with Gasteiger partial charge in [0, 0.05) is 6.61 Å². The van der Waals surface area contributed by atoms with E-state index < -0.39 is 24.7 Å². The summed E-state index contributed by atoms with van der Waals surface area (Å²) >= 11 is 0. The number of alkyl halides is 3. The van der Waals surface area contributed by atoms with Gasteiger partial charge >= 0.3 is 6.18 Å². The zero-order chi connectivity index (χ0) is 11.9. The van der Waals surface area contributed by atoms with Crippen LogP contribution in [0.3, 0.4) is 0 Å². The number of amides is 1. The first-order valence-corrected chi connectivity index (χ1v) is 4.55. The molecule has 1 amide bonds. The summed E-state index contributed by atoms with van der Waals surface area (Å²) in [5, 5.41) is 12.9. The standard InChI is InChI=1S/C8H15F3N2O2/c1-6(12-3-2-4-14)7(15)13-5-8(9,10)11/h6,12,14H,2-5H2,1H3,(H,13,15). The Kier molecular flexibility index (Phi) is 6.26. The van der Waals surface area contributed by atoms with E-state index in [1.165, 1.54) is 6.92 Å². The summed E-state index contributed by atoms with van der Waals surface area (Å²) in [5.74, 6) is -0.703. The van der Waals surface area contributed by atoms with E-state index in [-0.39, 0.29) is 6.61 Å². The Balaban J connectivity index is 3.70. The maximum absolute atomic E-state index is 11.7. The average molecular weight is 228 g/mol. The Labute approximate surface area is 85.8 Å². The quantitative estimate of drug-likeness (QED) is 0.562. The van der Waals surface area contributed by atoms with Crippen molar-refractivity contribution in [1.82, 2.24) is 10.6 Å². The molecule has 3 N–H and O–H groups in total. The van der Waals surface area contributed by atoms with E-state index in [0.29, 0.717) is 13.0 Å². The number of halogens is 3. The summed E-state index contributed by atoms with van der Waals surface area (Å²) < 4.78 is 35.2. The monoisotopic (exact) mass is 228 g/mol. The molecule has 1 unspecified atom stereocenters. The van der Waals surface area contributed by atoms with E-state index in [0.717, 1.165) is 0 Å². The summed E-state index contributed by atoms with van der Waals surface area (Å²) in [6, 6.07) is -0.695. The highest BCUT2D eigenvalue weighted by molar-refractivity contribution is 5.81. The lowest BCUT2D eigenvalue weighted by atomic mass is 10.3. The van der Waals surface area contributed by atoms with Crippen molar-refractivity contribution in [3.63, 3.8) is 0 Å². The van der Waals surface area contributed by atoms with E-state index in [4.69, 9.17) is 5.11 Å². The van der Waals surface area contributed by atoms with Gasteiger partial charge in [-0.2, -0.15) is 13.2 Å². The molecule has 7 heteroatoms. The molecule has 0 aliphatic carbocycles. The summed E-state index contributed by atoms with van der Waals surface area (Å²) in [7, 11) is 0. The minimum atomic E-state index is -4.39. The van der Waals surface area contributed by atoms with Crippen LogP contribution in [-0.2, 0) is 4.79 Å². The molecule has 4 nitrogen and oxygen atoms in total. The Morgan fingerprint density at radius 1 is 1.47 bits per heavy atom. The number of rotatable bonds is 6. The molecule has 0 bridgehead atoms. The molecule has 0 spiro atoms. The first kappa shape index (κ1) is 14.2. The van der Waals surface area contributed by atoms with Gasteiger partial charge in [-0.05, 0) is 19.9 Å². The normalized spacial score (nSPS) is 13.7. The van der Waals surface area contributed by atoms with E-state index in [9.17, 15) is 18.0 Å². The molecule has 0 rings (SSSR count). The third-order valence-corrected chi connectivity index (χ3v) is 1.64. The van der Waals surface area contributed by atoms with Gasteiger partial charge in [0.05, 0.1) is 6.04 Å². The number of carbonyl (C=O) groups is 1.